The zero-order chi connectivity index (χ0) is 23.8. The predicted octanol–water partition coefficient (Wildman–Crippen LogP) is 6.22. The molecule has 0 saturated carbocycles. The number of nitrogens with one attached hydrogen (secondary N) is 1. The first-order valence-electron chi connectivity index (χ1n) is 11.8. The van der Waals surface area contributed by atoms with Gasteiger partial charge in [-0.3, -0.25) is 4.79 Å². The van der Waals surface area contributed by atoms with E-state index in [1.54, 1.807) is 0 Å². The van der Waals surface area contributed by atoms with Crippen LogP contribution in [-0.2, 0) is 13.0 Å². The van der Waals surface area contributed by atoms with E-state index in [0.717, 1.165) is 60.4 Å². The molecule has 5 nitrogen and oxygen atoms in total. The molecule has 0 aliphatic carbocycles. The van der Waals surface area contributed by atoms with Gasteiger partial charge in [-0.1, -0.05) is 53.6 Å². The minimum Gasteiger partial charge on any atom is -0.492 e. The summed E-state index contributed by atoms with van der Waals surface area (Å²) in [5, 5.41) is 3.66. The van der Waals surface area contributed by atoms with E-state index in [1.807, 2.05) is 67.6 Å². The van der Waals surface area contributed by atoms with Crippen LogP contribution in [0.2, 0.25) is 5.02 Å². The lowest BCUT2D eigenvalue weighted by Crippen LogP contribution is -2.25. The van der Waals surface area contributed by atoms with Gasteiger partial charge in [0, 0.05) is 25.1 Å². The Morgan fingerprint density at radius 2 is 1.74 bits per heavy atom. The van der Waals surface area contributed by atoms with Crippen LogP contribution < -0.4 is 10.1 Å². The van der Waals surface area contributed by atoms with Crippen molar-refractivity contribution in [2.45, 2.75) is 39.2 Å². The summed E-state index contributed by atoms with van der Waals surface area (Å²) in [6.45, 7) is 4.12. The van der Waals surface area contributed by atoms with E-state index in [4.69, 9.17) is 21.3 Å². The van der Waals surface area contributed by atoms with Crippen molar-refractivity contribution < 1.29 is 9.53 Å². The number of rotatable bonds is 11. The molecule has 1 aromatic heterocycles. The minimum absolute atomic E-state index is 0.0352. The third kappa shape index (κ3) is 6.17. The number of imidazole rings is 1. The highest BCUT2D eigenvalue weighted by Gasteiger charge is 2.11. The van der Waals surface area contributed by atoms with Crippen molar-refractivity contribution in [3.8, 4) is 5.75 Å². The smallest absolute Gasteiger partial charge is 0.251 e. The summed E-state index contributed by atoms with van der Waals surface area (Å²) in [5.41, 5.74) is 3.99. The second-order valence-electron chi connectivity index (χ2n) is 8.38. The Kier molecular flexibility index (Phi) is 8.21. The van der Waals surface area contributed by atoms with Gasteiger partial charge < -0.3 is 14.6 Å². The molecule has 0 spiro atoms. The molecule has 3 aromatic carbocycles. The van der Waals surface area contributed by atoms with Crippen molar-refractivity contribution in [3.05, 3.63) is 94.8 Å². The Balaban J connectivity index is 1.29. The molecule has 6 heteroatoms. The van der Waals surface area contributed by atoms with E-state index in [-0.39, 0.29) is 5.91 Å². The van der Waals surface area contributed by atoms with Crippen LogP contribution in [0.25, 0.3) is 11.0 Å². The maximum absolute atomic E-state index is 12.3. The number of unbranched alkanes of at least 4 members (excludes halogenated alkanes) is 1. The SMILES string of the molecule is Cc1ccc(C(=O)NCCCc2nc3ccccc3n2CCCCOc2ccccc2Cl)cc1. The number of ether oxygens (including phenoxy) is 1. The van der Waals surface area contributed by atoms with Crippen molar-refractivity contribution in [1.82, 2.24) is 14.9 Å². The van der Waals surface area contributed by atoms with Crippen LogP contribution >= 0.6 is 11.6 Å². The summed E-state index contributed by atoms with van der Waals surface area (Å²) in [4.78, 5) is 17.2. The molecule has 4 rings (SSSR count). The first-order valence-corrected chi connectivity index (χ1v) is 12.2. The molecular weight excluding hydrogens is 446 g/mol. The molecule has 0 saturated heterocycles. The third-order valence-corrected chi connectivity index (χ3v) is 6.09. The molecule has 4 aromatic rings. The number of halogens is 1. The van der Waals surface area contributed by atoms with Gasteiger partial charge in [-0.25, -0.2) is 4.98 Å². The van der Waals surface area contributed by atoms with Gasteiger partial charge in [-0.2, -0.15) is 0 Å². The Morgan fingerprint density at radius 3 is 2.56 bits per heavy atom. The van der Waals surface area contributed by atoms with Crippen molar-refractivity contribution in [3.63, 3.8) is 0 Å². The van der Waals surface area contributed by atoms with Gasteiger partial charge in [-0.05, 0) is 62.6 Å². The third-order valence-electron chi connectivity index (χ3n) is 5.78. The number of nitrogens with zero attached hydrogens (tertiary/aromatic N) is 2. The van der Waals surface area contributed by atoms with Gasteiger partial charge in [0.25, 0.3) is 5.91 Å². The van der Waals surface area contributed by atoms with E-state index in [9.17, 15) is 4.79 Å². The maximum Gasteiger partial charge on any atom is 0.251 e. The number of benzene rings is 3. The molecule has 0 bridgehead atoms. The largest absolute Gasteiger partial charge is 0.492 e. The minimum atomic E-state index is -0.0352. The number of carbonyl (C=O) groups is 1. The Morgan fingerprint density at radius 1 is 0.971 bits per heavy atom. The van der Waals surface area contributed by atoms with Crippen LogP contribution in [0.1, 0.15) is 41.0 Å². The van der Waals surface area contributed by atoms with E-state index in [2.05, 4.69) is 22.0 Å². The van der Waals surface area contributed by atoms with Gasteiger partial charge in [0.05, 0.1) is 22.7 Å². The fourth-order valence-electron chi connectivity index (χ4n) is 3.94. The lowest BCUT2D eigenvalue weighted by molar-refractivity contribution is 0.0953. The number of fused-ring (bicyclic) bond motifs is 1. The molecule has 1 amide bonds. The van der Waals surface area contributed by atoms with E-state index >= 15 is 0 Å². The molecule has 0 fully saturated rings. The topological polar surface area (TPSA) is 56.2 Å². The van der Waals surface area contributed by atoms with Crippen molar-refractivity contribution in [1.29, 1.82) is 0 Å². The van der Waals surface area contributed by atoms with E-state index in [0.29, 0.717) is 23.7 Å². The van der Waals surface area contributed by atoms with Crippen LogP contribution in [0, 0.1) is 6.92 Å². The number of para-hydroxylation sites is 3. The normalized spacial score (nSPS) is 11.0. The Bertz CT molecular complexity index is 1230. The summed E-state index contributed by atoms with van der Waals surface area (Å²) >= 11 is 6.16. The second-order valence-corrected chi connectivity index (χ2v) is 8.79. The summed E-state index contributed by atoms with van der Waals surface area (Å²) < 4.78 is 8.12. The van der Waals surface area contributed by atoms with Crippen molar-refractivity contribution in [2.24, 2.45) is 0 Å². The van der Waals surface area contributed by atoms with Gasteiger partial charge in [0.2, 0.25) is 0 Å². The van der Waals surface area contributed by atoms with Crippen molar-refractivity contribution >= 4 is 28.5 Å². The van der Waals surface area contributed by atoms with Gasteiger partial charge in [0.15, 0.2) is 0 Å². The molecule has 1 N–H and O–H groups in total. The number of aromatic nitrogens is 2. The lowest BCUT2D eigenvalue weighted by Gasteiger charge is -2.11. The molecule has 0 radical (unpaired) electrons. The average molecular weight is 476 g/mol. The second kappa shape index (κ2) is 11.7. The molecule has 0 aliphatic heterocycles. The van der Waals surface area contributed by atoms with Crippen molar-refractivity contribution in [2.75, 3.05) is 13.2 Å². The number of hydrogen-bond donors (Lipinski definition) is 1. The van der Waals surface area contributed by atoms with Crippen LogP contribution in [0.15, 0.2) is 72.8 Å². The van der Waals surface area contributed by atoms with Gasteiger partial charge >= 0.3 is 0 Å². The predicted molar refractivity (Wildman–Crippen MR) is 138 cm³/mol. The molecule has 176 valence electrons. The highest BCUT2D eigenvalue weighted by molar-refractivity contribution is 6.32. The monoisotopic (exact) mass is 475 g/mol. The van der Waals surface area contributed by atoms with Crippen LogP contribution in [-0.4, -0.2) is 28.6 Å². The molecule has 1 heterocycles. The molecular formula is C28H30ClN3O2. The Hall–Kier alpha value is -3.31. The van der Waals surface area contributed by atoms with E-state index in [1.165, 1.54) is 0 Å². The zero-order valence-corrected chi connectivity index (χ0v) is 20.2. The Labute approximate surface area is 205 Å². The van der Waals surface area contributed by atoms with Gasteiger partial charge in [0.1, 0.15) is 11.6 Å². The zero-order valence-electron chi connectivity index (χ0n) is 19.5. The number of hydrogen-bond acceptors (Lipinski definition) is 3. The first kappa shape index (κ1) is 23.8. The summed E-state index contributed by atoms with van der Waals surface area (Å²) in [7, 11) is 0. The van der Waals surface area contributed by atoms with Crippen LogP contribution in [0.3, 0.4) is 0 Å². The number of carbonyl (C=O) groups excluding carboxylic acids is 1. The fourth-order valence-corrected chi connectivity index (χ4v) is 4.13. The molecule has 0 atom stereocenters. The number of amides is 1. The standard InChI is InChI=1S/C28H30ClN3O2/c1-21-14-16-22(17-15-21)28(33)30-18-8-13-27-31-24-10-3-4-11-25(24)32(27)19-6-7-20-34-26-12-5-2-9-23(26)29/h2-5,9-12,14-17H,6-8,13,18-20H2,1H3,(H,30,33). The maximum atomic E-state index is 12.3. The van der Waals surface area contributed by atoms with E-state index < -0.39 is 0 Å². The molecule has 0 aliphatic rings. The first-order chi connectivity index (χ1) is 16.6. The van der Waals surface area contributed by atoms with Crippen LogP contribution in [0.4, 0.5) is 0 Å². The number of aryl methyl sites for hydroxylation is 3. The van der Waals surface area contributed by atoms with Gasteiger partial charge in [-0.15, -0.1) is 0 Å². The summed E-state index contributed by atoms with van der Waals surface area (Å²) in [6.07, 6.45) is 3.53. The quantitative estimate of drug-likeness (QED) is 0.262. The molecule has 0 unspecified atom stereocenters. The highest BCUT2D eigenvalue weighted by Crippen LogP contribution is 2.23. The molecule has 34 heavy (non-hydrogen) atoms. The highest BCUT2D eigenvalue weighted by atomic mass is 35.5. The average Bonchev–Trinajstić information content (AvgIpc) is 3.20. The fraction of sp³-hybridized carbons (Fsp3) is 0.286. The van der Waals surface area contributed by atoms with Crippen LogP contribution in [0.5, 0.6) is 5.75 Å². The summed E-state index contributed by atoms with van der Waals surface area (Å²) in [6, 6.07) is 23.4. The summed E-state index contributed by atoms with van der Waals surface area (Å²) in [5.74, 6) is 1.75. The lowest BCUT2D eigenvalue weighted by atomic mass is 10.1.